The Hall–Kier alpha value is -1.65. The van der Waals surface area contributed by atoms with E-state index in [1.807, 2.05) is 0 Å². The van der Waals surface area contributed by atoms with Crippen molar-refractivity contribution in [1.29, 1.82) is 0 Å². The largest absolute Gasteiger partial charge is 0.508 e. The summed E-state index contributed by atoms with van der Waals surface area (Å²) in [5.74, 6) is 0.357. The van der Waals surface area contributed by atoms with E-state index in [1.54, 1.807) is 36.4 Å². The summed E-state index contributed by atoms with van der Waals surface area (Å²) < 4.78 is 5.26. The van der Waals surface area contributed by atoms with Crippen LogP contribution in [-0.4, -0.2) is 48.6 Å². The van der Waals surface area contributed by atoms with Crippen LogP contribution in [0.25, 0.3) is 6.08 Å². The second-order valence-electron chi connectivity index (χ2n) is 4.60. The zero-order valence-electron chi connectivity index (χ0n) is 10.9. The van der Waals surface area contributed by atoms with Crippen LogP contribution in [0.3, 0.4) is 0 Å². The van der Waals surface area contributed by atoms with E-state index in [2.05, 4.69) is 4.90 Å². The van der Waals surface area contributed by atoms with E-state index in [0.29, 0.717) is 6.42 Å². The monoisotopic (exact) mass is 261 g/mol. The molecule has 0 atom stereocenters. The van der Waals surface area contributed by atoms with Gasteiger partial charge in [0.1, 0.15) is 5.75 Å². The lowest BCUT2D eigenvalue weighted by Crippen LogP contribution is -2.37. The number of allylic oxidation sites excluding steroid dienone is 1. The molecular formula is C15H19NO3. The Labute approximate surface area is 113 Å². The molecule has 19 heavy (non-hydrogen) atoms. The van der Waals surface area contributed by atoms with Crippen LogP contribution < -0.4 is 0 Å². The fraction of sp³-hybridized carbons (Fsp3) is 0.400. The molecule has 1 aromatic carbocycles. The second-order valence-corrected chi connectivity index (χ2v) is 4.60. The van der Waals surface area contributed by atoms with Gasteiger partial charge >= 0.3 is 0 Å². The molecule has 1 fully saturated rings. The Kier molecular flexibility index (Phi) is 5.12. The standard InChI is InChI=1S/C15H19NO3/c17-14-4-1-13(2-5-14)3-6-15(18)7-8-16-9-11-19-12-10-16/h1-6,17H,7-12H2. The van der Waals surface area contributed by atoms with Gasteiger partial charge in [0.25, 0.3) is 0 Å². The lowest BCUT2D eigenvalue weighted by atomic mass is 10.1. The summed E-state index contributed by atoms with van der Waals surface area (Å²) in [5.41, 5.74) is 0.914. The molecule has 0 spiro atoms. The van der Waals surface area contributed by atoms with E-state index in [0.717, 1.165) is 38.4 Å². The lowest BCUT2D eigenvalue weighted by molar-refractivity contribution is -0.115. The van der Waals surface area contributed by atoms with Crippen molar-refractivity contribution in [3.8, 4) is 5.75 Å². The molecule has 1 heterocycles. The van der Waals surface area contributed by atoms with E-state index >= 15 is 0 Å². The van der Waals surface area contributed by atoms with Crippen LogP contribution in [0.5, 0.6) is 5.75 Å². The highest BCUT2D eigenvalue weighted by molar-refractivity contribution is 5.93. The van der Waals surface area contributed by atoms with Crippen molar-refractivity contribution in [3.05, 3.63) is 35.9 Å². The highest BCUT2D eigenvalue weighted by atomic mass is 16.5. The van der Waals surface area contributed by atoms with Gasteiger partial charge in [-0.15, -0.1) is 0 Å². The number of ether oxygens (including phenoxy) is 1. The fourth-order valence-corrected chi connectivity index (χ4v) is 1.95. The molecule has 0 radical (unpaired) electrons. The molecular weight excluding hydrogens is 242 g/mol. The number of morpholine rings is 1. The van der Waals surface area contributed by atoms with Crippen LogP contribution in [0.15, 0.2) is 30.3 Å². The predicted molar refractivity (Wildman–Crippen MR) is 74.0 cm³/mol. The average Bonchev–Trinajstić information content (AvgIpc) is 2.45. The van der Waals surface area contributed by atoms with Crippen LogP contribution in [0, 0.1) is 0 Å². The quantitative estimate of drug-likeness (QED) is 0.820. The maximum Gasteiger partial charge on any atom is 0.156 e. The van der Waals surface area contributed by atoms with Gasteiger partial charge in [-0.2, -0.15) is 0 Å². The summed E-state index contributed by atoms with van der Waals surface area (Å²) >= 11 is 0. The van der Waals surface area contributed by atoms with Gasteiger partial charge in [0.2, 0.25) is 0 Å². The smallest absolute Gasteiger partial charge is 0.156 e. The molecule has 4 heteroatoms. The lowest BCUT2D eigenvalue weighted by Gasteiger charge is -2.25. The molecule has 0 saturated carbocycles. The summed E-state index contributed by atoms with van der Waals surface area (Å²) in [6, 6.07) is 6.78. The topological polar surface area (TPSA) is 49.8 Å². The molecule has 0 unspecified atom stereocenters. The third kappa shape index (κ3) is 4.85. The van der Waals surface area contributed by atoms with Gasteiger partial charge in [-0.05, 0) is 23.8 Å². The number of aromatic hydroxyl groups is 1. The zero-order chi connectivity index (χ0) is 13.5. The molecule has 0 amide bonds. The zero-order valence-corrected chi connectivity index (χ0v) is 10.9. The Bertz CT molecular complexity index is 433. The highest BCUT2D eigenvalue weighted by Gasteiger charge is 2.10. The first-order chi connectivity index (χ1) is 9.24. The van der Waals surface area contributed by atoms with E-state index in [4.69, 9.17) is 9.84 Å². The minimum absolute atomic E-state index is 0.125. The maximum atomic E-state index is 11.7. The Morgan fingerprint density at radius 2 is 1.95 bits per heavy atom. The number of benzene rings is 1. The molecule has 0 aliphatic carbocycles. The van der Waals surface area contributed by atoms with E-state index < -0.39 is 0 Å². The first-order valence-corrected chi connectivity index (χ1v) is 6.54. The summed E-state index contributed by atoms with van der Waals surface area (Å²) in [4.78, 5) is 14.0. The van der Waals surface area contributed by atoms with Gasteiger partial charge in [-0.3, -0.25) is 9.69 Å². The summed E-state index contributed by atoms with van der Waals surface area (Å²) in [7, 11) is 0. The number of carbonyl (C=O) groups excluding carboxylic acids is 1. The van der Waals surface area contributed by atoms with Crippen LogP contribution >= 0.6 is 0 Å². The Morgan fingerprint density at radius 1 is 1.26 bits per heavy atom. The fourth-order valence-electron chi connectivity index (χ4n) is 1.95. The van der Waals surface area contributed by atoms with Gasteiger partial charge in [-0.1, -0.05) is 18.2 Å². The molecule has 0 bridgehead atoms. The third-order valence-corrected chi connectivity index (χ3v) is 3.13. The van der Waals surface area contributed by atoms with Gasteiger partial charge in [0.05, 0.1) is 13.2 Å². The van der Waals surface area contributed by atoms with Crippen molar-refractivity contribution in [3.63, 3.8) is 0 Å². The normalized spacial score (nSPS) is 16.8. The molecule has 1 N–H and O–H groups in total. The van der Waals surface area contributed by atoms with Gasteiger partial charge in [0, 0.05) is 26.1 Å². The van der Waals surface area contributed by atoms with E-state index in [9.17, 15) is 4.79 Å². The number of hydrogen-bond donors (Lipinski definition) is 1. The van der Waals surface area contributed by atoms with Gasteiger partial charge < -0.3 is 9.84 Å². The number of nitrogens with zero attached hydrogens (tertiary/aromatic N) is 1. The predicted octanol–water partition coefficient (Wildman–Crippen LogP) is 1.70. The number of carbonyl (C=O) groups is 1. The third-order valence-electron chi connectivity index (χ3n) is 3.13. The first-order valence-electron chi connectivity index (χ1n) is 6.54. The molecule has 4 nitrogen and oxygen atoms in total. The SMILES string of the molecule is O=C(C=Cc1ccc(O)cc1)CCN1CCOCC1. The highest BCUT2D eigenvalue weighted by Crippen LogP contribution is 2.11. The molecule has 1 saturated heterocycles. The molecule has 1 aromatic rings. The number of rotatable bonds is 5. The van der Waals surface area contributed by atoms with Crippen LogP contribution in [0.2, 0.25) is 0 Å². The summed E-state index contributed by atoms with van der Waals surface area (Å²) in [6.07, 6.45) is 3.92. The minimum Gasteiger partial charge on any atom is -0.508 e. The Morgan fingerprint density at radius 3 is 2.63 bits per heavy atom. The van der Waals surface area contributed by atoms with Crippen molar-refractivity contribution >= 4 is 11.9 Å². The van der Waals surface area contributed by atoms with Crippen molar-refractivity contribution in [2.24, 2.45) is 0 Å². The molecule has 1 aliphatic rings. The second kappa shape index (κ2) is 7.07. The van der Waals surface area contributed by atoms with Crippen molar-refractivity contribution in [2.45, 2.75) is 6.42 Å². The molecule has 0 aromatic heterocycles. The van der Waals surface area contributed by atoms with Crippen LogP contribution in [0.4, 0.5) is 0 Å². The average molecular weight is 261 g/mol. The van der Waals surface area contributed by atoms with Gasteiger partial charge in [-0.25, -0.2) is 0 Å². The molecule has 102 valence electrons. The van der Waals surface area contributed by atoms with Gasteiger partial charge in [0.15, 0.2) is 5.78 Å². The van der Waals surface area contributed by atoms with Crippen LogP contribution in [0.1, 0.15) is 12.0 Å². The maximum absolute atomic E-state index is 11.7. The number of phenols is 1. The van der Waals surface area contributed by atoms with Crippen molar-refractivity contribution in [2.75, 3.05) is 32.8 Å². The van der Waals surface area contributed by atoms with E-state index in [-0.39, 0.29) is 11.5 Å². The van der Waals surface area contributed by atoms with Crippen LogP contribution in [-0.2, 0) is 9.53 Å². The Balaban J connectivity index is 1.75. The molecule has 2 rings (SSSR count). The summed E-state index contributed by atoms with van der Waals surface area (Å²) in [5, 5.41) is 9.16. The number of ketones is 1. The van der Waals surface area contributed by atoms with Crippen molar-refractivity contribution < 1.29 is 14.6 Å². The molecule has 1 aliphatic heterocycles. The number of phenolic OH excluding ortho intramolecular Hbond substituents is 1. The van der Waals surface area contributed by atoms with Crippen molar-refractivity contribution in [1.82, 2.24) is 4.90 Å². The summed E-state index contributed by atoms with van der Waals surface area (Å²) in [6.45, 7) is 4.14. The van der Waals surface area contributed by atoms with E-state index in [1.165, 1.54) is 0 Å². The number of hydrogen-bond acceptors (Lipinski definition) is 4. The minimum atomic E-state index is 0.125. The first kappa shape index (κ1) is 13.8.